The van der Waals surface area contributed by atoms with Crippen LogP contribution in [0.3, 0.4) is 0 Å². The van der Waals surface area contributed by atoms with E-state index in [-0.39, 0.29) is 41.2 Å². The van der Waals surface area contributed by atoms with Crippen LogP contribution in [-0.2, 0) is 26.2 Å². The second-order valence-corrected chi connectivity index (χ2v) is 12.4. The predicted molar refractivity (Wildman–Crippen MR) is 165 cm³/mol. The van der Waals surface area contributed by atoms with E-state index in [0.29, 0.717) is 21.4 Å². The third-order valence-corrected chi connectivity index (χ3v) is 8.95. The van der Waals surface area contributed by atoms with E-state index in [1.54, 1.807) is 49.4 Å². The standard InChI is InChI=1S/C30H35Cl2N3O6S/c1-6-26(30(37)33-20(2)3)34(18-21-11-16-24(31)25(32)17-21)29(36)19-35(27-9-7-8-10-28(27)41-5)42(38,39)23-14-12-22(40-4)13-15-23/h7-17,20,26H,6,18-19H2,1-5H3,(H,33,37)/t26-/m0/s1. The van der Waals surface area contributed by atoms with E-state index in [0.717, 1.165) is 4.31 Å². The van der Waals surface area contributed by atoms with Crippen molar-refractivity contribution in [2.45, 2.75) is 50.7 Å². The van der Waals surface area contributed by atoms with Crippen molar-refractivity contribution in [3.8, 4) is 11.5 Å². The molecule has 226 valence electrons. The summed E-state index contributed by atoms with van der Waals surface area (Å²) >= 11 is 12.3. The zero-order valence-electron chi connectivity index (χ0n) is 24.1. The maximum Gasteiger partial charge on any atom is 0.264 e. The summed E-state index contributed by atoms with van der Waals surface area (Å²) in [6.45, 7) is 4.80. The first-order valence-corrected chi connectivity index (χ1v) is 15.5. The fourth-order valence-corrected chi connectivity index (χ4v) is 6.10. The van der Waals surface area contributed by atoms with E-state index in [1.807, 2.05) is 13.8 Å². The summed E-state index contributed by atoms with van der Waals surface area (Å²) < 4.78 is 39.8. The van der Waals surface area contributed by atoms with Crippen molar-refractivity contribution in [2.75, 3.05) is 25.1 Å². The predicted octanol–water partition coefficient (Wildman–Crippen LogP) is 5.54. The minimum Gasteiger partial charge on any atom is -0.497 e. The number of para-hydroxylation sites is 2. The van der Waals surface area contributed by atoms with Crippen LogP contribution in [0.15, 0.2) is 71.6 Å². The van der Waals surface area contributed by atoms with Crippen LogP contribution < -0.4 is 19.1 Å². The Morgan fingerprint density at radius 2 is 1.60 bits per heavy atom. The van der Waals surface area contributed by atoms with Gasteiger partial charge >= 0.3 is 0 Å². The summed E-state index contributed by atoms with van der Waals surface area (Å²) in [6.07, 6.45) is 0.283. The highest BCUT2D eigenvalue weighted by Gasteiger charge is 2.35. The van der Waals surface area contributed by atoms with Gasteiger partial charge in [0.25, 0.3) is 10.0 Å². The van der Waals surface area contributed by atoms with Crippen LogP contribution in [-0.4, -0.2) is 58.0 Å². The van der Waals surface area contributed by atoms with Gasteiger partial charge in [0, 0.05) is 12.6 Å². The molecule has 42 heavy (non-hydrogen) atoms. The number of hydrogen-bond donors (Lipinski definition) is 1. The van der Waals surface area contributed by atoms with Gasteiger partial charge in [0.15, 0.2) is 0 Å². The Morgan fingerprint density at radius 3 is 2.17 bits per heavy atom. The fraction of sp³-hybridized carbons (Fsp3) is 0.333. The van der Waals surface area contributed by atoms with E-state index < -0.39 is 28.5 Å². The zero-order valence-corrected chi connectivity index (χ0v) is 26.5. The van der Waals surface area contributed by atoms with Crippen molar-refractivity contribution < 1.29 is 27.5 Å². The lowest BCUT2D eigenvalue weighted by Crippen LogP contribution is -2.53. The Morgan fingerprint density at radius 1 is 0.929 bits per heavy atom. The van der Waals surface area contributed by atoms with E-state index >= 15 is 0 Å². The van der Waals surface area contributed by atoms with Gasteiger partial charge in [-0.05, 0) is 74.4 Å². The van der Waals surface area contributed by atoms with Gasteiger partial charge in [0.05, 0.1) is 34.8 Å². The molecule has 1 atom stereocenters. The molecule has 1 N–H and O–H groups in total. The molecule has 0 aliphatic carbocycles. The Bertz CT molecular complexity index is 1500. The van der Waals surface area contributed by atoms with E-state index in [1.165, 1.54) is 43.4 Å². The van der Waals surface area contributed by atoms with E-state index in [2.05, 4.69) is 5.32 Å². The van der Waals surface area contributed by atoms with Gasteiger partial charge in [-0.15, -0.1) is 0 Å². The molecule has 9 nitrogen and oxygen atoms in total. The summed E-state index contributed by atoms with van der Waals surface area (Å²) in [6, 6.07) is 16.2. The molecule has 12 heteroatoms. The lowest BCUT2D eigenvalue weighted by Gasteiger charge is -2.34. The van der Waals surface area contributed by atoms with Crippen LogP contribution in [0.1, 0.15) is 32.8 Å². The molecule has 3 aromatic rings. The lowest BCUT2D eigenvalue weighted by atomic mass is 10.1. The summed E-state index contributed by atoms with van der Waals surface area (Å²) in [4.78, 5) is 28.7. The molecular formula is C30H35Cl2N3O6S. The number of carbonyl (C=O) groups is 2. The monoisotopic (exact) mass is 635 g/mol. The highest BCUT2D eigenvalue weighted by molar-refractivity contribution is 7.92. The molecule has 3 rings (SSSR count). The normalized spacial score (nSPS) is 12.0. The molecule has 0 bridgehead atoms. The highest BCUT2D eigenvalue weighted by atomic mass is 35.5. The zero-order chi connectivity index (χ0) is 31.0. The van der Waals surface area contributed by atoms with Gasteiger partial charge in [-0.25, -0.2) is 8.42 Å². The number of methoxy groups -OCH3 is 2. The number of anilines is 1. The number of hydrogen-bond acceptors (Lipinski definition) is 6. The van der Waals surface area contributed by atoms with Crippen LogP contribution in [0.4, 0.5) is 5.69 Å². The summed E-state index contributed by atoms with van der Waals surface area (Å²) in [5, 5.41) is 3.50. The molecule has 0 saturated heterocycles. The third-order valence-electron chi connectivity index (χ3n) is 6.43. The van der Waals surface area contributed by atoms with Crippen molar-refractivity contribution in [3.05, 3.63) is 82.3 Å². The van der Waals surface area contributed by atoms with Crippen LogP contribution in [0.2, 0.25) is 10.0 Å². The van der Waals surface area contributed by atoms with Gasteiger partial charge in [-0.2, -0.15) is 0 Å². The molecular weight excluding hydrogens is 601 g/mol. The highest BCUT2D eigenvalue weighted by Crippen LogP contribution is 2.33. The van der Waals surface area contributed by atoms with Gasteiger partial charge in [0.2, 0.25) is 11.8 Å². The number of carbonyl (C=O) groups excluding carboxylic acids is 2. The van der Waals surface area contributed by atoms with Crippen LogP contribution in [0.25, 0.3) is 0 Å². The average molecular weight is 637 g/mol. The molecule has 0 spiro atoms. The first-order chi connectivity index (χ1) is 19.9. The Balaban J connectivity index is 2.12. The van der Waals surface area contributed by atoms with Gasteiger partial charge in [0.1, 0.15) is 24.1 Å². The molecule has 0 radical (unpaired) electrons. The second-order valence-electron chi connectivity index (χ2n) is 9.72. The first-order valence-electron chi connectivity index (χ1n) is 13.3. The quantitative estimate of drug-likeness (QED) is 0.264. The second kappa shape index (κ2) is 14.6. The first kappa shape index (κ1) is 33.0. The molecule has 2 amide bonds. The maximum atomic E-state index is 14.2. The number of nitrogens with one attached hydrogen (secondary N) is 1. The van der Waals surface area contributed by atoms with Crippen LogP contribution in [0.5, 0.6) is 11.5 Å². The largest absolute Gasteiger partial charge is 0.497 e. The minimum atomic E-state index is -4.29. The van der Waals surface area contributed by atoms with Crippen molar-refractivity contribution in [1.82, 2.24) is 10.2 Å². The molecule has 0 heterocycles. The Kier molecular flexibility index (Phi) is 11.5. The summed E-state index contributed by atoms with van der Waals surface area (Å²) in [5.74, 6) is -0.232. The maximum absolute atomic E-state index is 14.2. The van der Waals surface area contributed by atoms with Crippen molar-refractivity contribution in [3.63, 3.8) is 0 Å². The van der Waals surface area contributed by atoms with Gasteiger partial charge < -0.3 is 19.7 Å². The summed E-state index contributed by atoms with van der Waals surface area (Å²) in [5.41, 5.74) is 0.786. The number of nitrogens with zero attached hydrogens (tertiary/aromatic N) is 2. The molecule has 0 aromatic heterocycles. The van der Waals surface area contributed by atoms with Crippen LogP contribution in [0, 0.1) is 0 Å². The number of benzene rings is 3. The Hall–Kier alpha value is -3.47. The number of sulfonamides is 1. The van der Waals surface area contributed by atoms with E-state index in [4.69, 9.17) is 32.7 Å². The number of rotatable bonds is 13. The van der Waals surface area contributed by atoms with Crippen molar-refractivity contribution >= 4 is 50.7 Å². The SMILES string of the molecule is CC[C@@H](C(=O)NC(C)C)N(Cc1ccc(Cl)c(Cl)c1)C(=O)CN(c1ccccc1OC)S(=O)(=O)c1ccc(OC)cc1. The van der Waals surface area contributed by atoms with Crippen molar-refractivity contribution in [2.24, 2.45) is 0 Å². The van der Waals surface area contributed by atoms with Crippen LogP contribution >= 0.6 is 23.2 Å². The number of amides is 2. The number of halogens is 2. The summed E-state index contributed by atoms with van der Waals surface area (Å²) in [7, 11) is -1.39. The molecule has 0 unspecified atom stereocenters. The topological polar surface area (TPSA) is 105 Å². The smallest absolute Gasteiger partial charge is 0.264 e. The Labute approximate surface area is 257 Å². The fourth-order valence-electron chi connectivity index (χ4n) is 4.36. The molecule has 0 fully saturated rings. The molecule has 0 aliphatic rings. The number of ether oxygens (including phenoxy) is 2. The third kappa shape index (κ3) is 7.87. The molecule has 3 aromatic carbocycles. The van der Waals surface area contributed by atoms with Crippen molar-refractivity contribution in [1.29, 1.82) is 0 Å². The van der Waals surface area contributed by atoms with Gasteiger partial charge in [-0.3, -0.25) is 13.9 Å². The van der Waals surface area contributed by atoms with E-state index in [9.17, 15) is 18.0 Å². The molecule has 0 aliphatic heterocycles. The lowest BCUT2D eigenvalue weighted by molar-refractivity contribution is -0.140. The average Bonchev–Trinajstić information content (AvgIpc) is 2.97. The van der Waals surface area contributed by atoms with Gasteiger partial charge in [-0.1, -0.05) is 48.3 Å². The molecule has 0 saturated carbocycles. The minimum absolute atomic E-state index is 0.0118.